The third kappa shape index (κ3) is 2.96. The van der Waals surface area contributed by atoms with Crippen LogP contribution in [0.2, 0.25) is 0 Å². The van der Waals surface area contributed by atoms with Crippen molar-refractivity contribution in [1.29, 1.82) is 0 Å². The maximum Gasteiger partial charge on any atom is 0.237 e. The third-order valence-corrected chi connectivity index (χ3v) is 4.26. The monoisotopic (exact) mass is 273 g/mol. The molecule has 2 N–H and O–H groups in total. The average Bonchev–Trinajstić information content (AvgIpc) is 3.13. The second-order valence-electron chi connectivity index (χ2n) is 5.66. The molecule has 0 spiro atoms. The van der Waals surface area contributed by atoms with Crippen LogP contribution in [-0.4, -0.2) is 38.1 Å². The summed E-state index contributed by atoms with van der Waals surface area (Å²) in [6.45, 7) is 3.88. The molecule has 0 radical (unpaired) electrons. The molecule has 2 aliphatic rings. The number of carbonyl (C=O) groups excluding carboxylic acids is 1. The number of anilines is 1. The first-order valence-electron chi connectivity index (χ1n) is 7.68. The summed E-state index contributed by atoms with van der Waals surface area (Å²) in [5.41, 5.74) is 2.82. The molecule has 1 fully saturated rings. The first-order chi connectivity index (χ1) is 9.84. The van der Waals surface area contributed by atoms with Crippen LogP contribution in [0.5, 0.6) is 0 Å². The summed E-state index contributed by atoms with van der Waals surface area (Å²) in [6.07, 6.45) is 4.25. The van der Waals surface area contributed by atoms with E-state index in [1.54, 1.807) is 0 Å². The zero-order chi connectivity index (χ0) is 13.8. The first kappa shape index (κ1) is 13.4. The minimum Gasteiger partial charge on any atom is -0.371 e. The predicted octanol–water partition coefficient (Wildman–Crippen LogP) is 1.31. The number of nitrogens with zero attached hydrogens (tertiary/aromatic N) is 1. The van der Waals surface area contributed by atoms with Crippen LogP contribution >= 0.6 is 0 Å². The number of fused-ring (bicyclic) bond motifs is 1. The predicted molar refractivity (Wildman–Crippen MR) is 81.0 cm³/mol. The summed E-state index contributed by atoms with van der Waals surface area (Å²) in [6, 6.07) is 8.66. The second-order valence-corrected chi connectivity index (χ2v) is 5.66. The first-order valence-corrected chi connectivity index (χ1v) is 7.68. The molecule has 108 valence electrons. The Hall–Kier alpha value is -1.55. The van der Waals surface area contributed by atoms with Gasteiger partial charge in [-0.2, -0.15) is 0 Å². The molecular formula is C16H23N3O. The molecule has 0 saturated carbocycles. The van der Waals surface area contributed by atoms with Gasteiger partial charge in [-0.25, -0.2) is 0 Å². The molecule has 3 rings (SSSR count). The summed E-state index contributed by atoms with van der Waals surface area (Å²) >= 11 is 0. The van der Waals surface area contributed by atoms with Gasteiger partial charge in [0.05, 0.1) is 6.04 Å². The van der Waals surface area contributed by atoms with E-state index in [9.17, 15) is 4.79 Å². The van der Waals surface area contributed by atoms with E-state index in [1.165, 1.54) is 11.3 Å². The van der Waals surface area contributed by atoms with Gasteiger partial charge in [-0.05, 0) is 43.9 Å². The van der Waals surface area contributed by atoms with Gasteiger partial charge in [0.15, 0.2) is 0 Å². The Morgan fingerprint density at radius 1 is 1.40 bits per heavy atom. The van der Waals surface area contributed by atoms with Crippen molar-refractivity contribution in [3.63, 3.8) is 0 Å². The van der Waals surface area contributed by atoms with Gasteiger partial charge in [0.2, 0.25) is 5.91 Å². The molecule has 0 aliphatic carbocycles. The van der Waals surface area contributed by atoms with Crippen LogP contribution in [-0.2, 0) is 11.2 Å². The quantitative estimate of drug-likeness (QED) is 0.795. The van der Waals surface area contributed by atoms with Crippen molar-refractivity contribution in [2.45, 2.75) is 31.7 Å². The smallest absolute Gasteiger partial charge is 0.237 e. The van der Waals surface area contributed by atoms with E-state index < -0.39 is 0 Å². The van der Waals surface area contributed by atoms with Crippen LogP contribution < -0.4 is 15.5 Å². The minimum atomic E-state index is 0.0440. The summed E-state index contributed by atoms with van der Waals surface area (Å²) in [4.78, 5) is 14.3. The lowest BCUT2D eigenvalue weighted by atomic mass is 10.2. The van der Waals surface area contributed by atoms with Crippen molar-refractivity contribution in [2.75, 3.05) is 31.1 Å². The standard InChI is InChI=1S/C16H23N3O/c20-16(14-6-3-9-17-14)18-10-4-11-19-12-8-13-5-1-2-7-15(13)19/h1-2,5,7,14,17H,3-4,6,8-12H2,(H,18,20)/t14-/m1/s1. The summed E-state index contributed by atoms with van der Waals surface area (Å²) < 4.78 is 0. The molecular weight excluding hydrogens is 250 g/mol. The van der Waals surface area contributed by atoms with Gasteiger partial charge in [-0.15, -0.1) is 0 Å². The number of rotatable bonds is 5. The lowest BCUT2D eigenvalue weighted by Gasteiger charge is -2.19. The largest absolute Gasteiger partial charge is 0.371 e. The molecule has 1 atom stereocenters. The number of nitrogens with one attached hydrogen (secondary N) is 2. The molecule has 1 aromatic rings. The van der Waals surface area contributed by atoms with Gasteiger partial charge in [0, 0.05) is 25.3 Å². The number of hydrogen-bond acceptors (Lipinski definition) is 3. The topological polar surface area (TPSA) is 44.4 Å². The van der Waals surface area contributed by atoms with E-state index in [0.717, 1.165) is 51.9 Å². The molecule has 1 saturated heterocycles. The third-order valence-electron chi connectivity index (χ3n) is 4.26. The molecule has 0 unspecified atom stereocenters. The van der Waals surface area contributed by atoms with E-state index in [2.05, 4.69) is 39.8 Å². The normalized spacial score (nSPS) is 21.0. The highest BCUT2D eigenvalue weighted by molar-refractivity contribution is 5.81. The molecule has 4 nitrogen and oxygen atoms in total. The molecule has 1 amide bonds. The number of carbonyl (C=O) groups is 1. The SMILES string of the molecule is O=C(NCCCN1CCc2ccccc21)[C@H]1CCCN1. The van der Waals surface area contributed by atoms with Crippen molar-refractivity contribution in [3.05, 3.63) is 29.8 Å². The lowest BCUT2D eigenvalue weighted by Crippen LogP contribution is -2.41. The Balaban J connectivity index is 1.39. The van der Waals surface area contributed by atoms with Crippen molar-refractivity contribution in [2.24, 2.45) is 0 Å². The van der Waals surface area contributed by atoms with Crippen LogP contribution in [0.1, 0.15) is 24.8 Å². The second kappa shape index (κ2) is 6.27. The van der Waals surface area contributed by atoms with Crippen LogP contribution in [0.3, 0.4) is 0 Å². The molecule has 4 heteroatoms. The van der Waals surface area contributed by atoms with E-state index in [0.29, 0.717) is 0 Å². The molecule has 2 heterocycles. The van der Waals surface area contributed by atoms with E-state index in [-0.39, 0.29) is 11.9 Å². The van der Waals surface area contributed by atoms with E-state index in [4.69, 9.17) is 0 Å². The Morgan fingerprint density at radius 3 is 3.15 bits per heavy atom. The Kier molecular flexibility index (Phi) is 4.21. The van der Waals surface area contributed by atoms with Gasteiger partial charge in [-0.1, -0.05) is 18.2 Å². The molecule has 20 heavy (non-hydrogen) atoms. The van der Waals surface area contributed by atoms with Crippen molar-refractivity contribution in [1.82, 2.24) is 10.6 Å². The van der Waals surface area contributed by atoms with E-state index in [1.807, 2.05) is 0 Å². The highest BCUT2D eigenvalue weighted by Crippen LogP contribution is 2.27. The summed E-state index contributed by atoms with van der Waals surface area (Å²) in [5, 5.41) is 6.27. The van der Waals surface area contributed by atoms with Gasteiger partial charge in [0.25, 0.3) is 0 Å². The zero-order valence-electron chi connectivity index (χ0n) is 11.9. The van der Waals surface area contributed by atoms with Crippen molar-refractivity contribution >= 4 is 11.6 Å². The van der Waals surface area contributed by atoms with E-state index >= 15 is 0 Å². The highest BCUT2D eigenvalue weighted by atomic mass is 16.2. The van der Waals surface area contributed by atoms with Gasteiger partial charge in [-0.3, -0.25) is 4.79 Å². The zero-order valence-corrected chi connectivity index (χ0v) is 11.9. The Bertz CT molecular complexity index is 469. The fourth-order valence-corrected chi connectivity index (χ4v) is 3.15. The van der Waals surface area contributed by atoms with Gasteiger partial charge >= 0.3 is 0 Å². The van der Waals surface area contributed by atoms with Crippen LogP contribution in [0.25, 0.3) is 0 Å². The minimum absolute atomic E-state index is 0.0440. The van der Waals surface area contributed by atoms with Crippen molar-refractivity contribution < 1.29 is 4.79 Å². The number of para-hydroxylation sites is 1. The Labute approximate surface area is 120 Å². The fraction of sp³-hybridized carbons (Fsp3) is 0.562. The average molecular weight is 273 g/mol. The van der Waals surface area contributed by atoms with Crippen LogP contribution in [0.15, 0.2) is 24.3 Å². The number of amides is 1. The van der Waals surface area contributed by atoms with Crippen LogP contribution in [0, 0.1) is 0 Å². The van der Waals surface area contributed by atoms with Gasteiger partial charge in [0.1, 0.15) is 0 Å². The molecule has 2 aliphatic heterocycles. The molecule has 1 aromatic carbocycles. The van der Waals surface area contributed by atoms with Gasteiger partial charge < -0.3 is 15.5 Å². The van der Waals surface area contributed by atoms with Crippen LogP contribution in [0.4, 0.5) is 5.69 Å². The maximum absolute atomic E-state index is 11.9. The summed E-state index contributed by atoms with van der Waals surface area (Å²) in [5.74, 6) is 0.171. The molecule has 0 bridgehead atoms. The Morgan fingerprint density at radius 2 is 2.30 bits per heavy atom. The lowest BCUT2D eigenvalue weighted by molar-refractivity contribution is -0.122. The fourth-order valence-electron chi connectivity index (χ4n) is 3.15. The number of hydrogen-bond donors (Lipinski definition) is 2. The highest BCUT2D eigenvalue weighted by Gasteiger charge is 2.21. The number of benzene rings is 1. The summed E-state index contributed by atoms with van der Waals surface area (Å²) in [7, 11) is 0. The van der Waals surface area contributed by atoms with Crippen molar-refractivity contribution in [3.8, 4) is 0 Å². The maximum atomic E-state index is 11.9. The molecule has 0 aromatic heterocycles.